The van der Waals surface area contributed by atoms with E-state index in [0.29, 0.717) is 16.4 Å². The van der Waals surface area contributed by atoms with Crippen molar-refractivity contribution in [1.82, 2.24) is 10.6 Å². The van der Waals surface area contributed by atoms with Crippen molar-refractivity contribution in [3.63, 3.8) is 0 Å². The molecular formula is C20H19ClN2O2S. The Bertz CT molecular complexity index is 924. The average molecular weight is 387 g/mol. The summed E-state index contributed by atoms with van der Waals surface area (Å²) in [5, 5.41) is 6.77. The van der Waals surface area contributed by atoms with Crippen LogP contribution in [-0.4, -0.2) is 24.9 Å². The molecule has 3 rings (SSSR count). The van der Waals surface area contributed by atoms with Crippen LogP contribution in [0.5, 0.6) is 0 Å². The van der Waals surface area contributed by atoms with Gasteiger partial charge in [0, 0.05) is 16.6 Å². The fourth-order valence-electron chi connectivity index (χ4n) is 2.63. The van der Waals surface area contributed by atoms with E-state index in [0.717, 1.165) is 15.6 Å². The maximum atomic E-state index is 12.3. The summed E-state index contributed by atoms with van der Waals surface area (Å²) in [6.45, 7) is 2.48. The first kappa shape index (κ1) is 18.4. The number of carbonyl (C=O) groups is 2. The molecule has 2 aromatic carbocycles. The molecular weight excluding hydrogens is 368 g/mol. The Labute approximate surface area is 161 Å². The van der Waals surface area contributed by atoms with Gasteiger partial charge in [0.1, 0.15) is 4.88 Å². The van der Waals surface area contributed by atoms with Crippen LogP contribution in [0.25, 0.3) is 10.1 Å². The third-order valence-corrected chi connectivity index (χ3v) is 5.80. The molecule has 0 aliphatic heterocycles. The molecule has 6 heteroatoms. The monoisotopic (exact) mass is 386 g/mol. The third kappa shape index (κ3) is 4.23. The summed E-state index contributed by atoms with van der Waals surface area (Å²) in [6, 6.07) is 17.5. The van der Waals surface area contributed by atoms with E-state index in [1.165, 1.54) is 11.3 Å². The van der Waals surface area contributed by atoms with Crippen molar-refractivity contribution in [1.29, 1.82) is 0 Å². The Kier molecular flexibility index (Phi) is 5.91. The molecule has 0 saturated heterocycles. The second-order valence-electron chi connectivity index (χ2n) is 6.04. The van der Waals surface area contributed by atoms with Crippen molar-refractivity contribution < 1.29 is 9.59 Å². The summed E-state index contributed by atoms with van der Waals surface area (Å²) in [4.78, 5) is 24.8. The summed E-state index contributed by atoms with van der Waals surface area (Å²) < 4.78 is 0.948. The van der Waals surface area contributed by atoms with Crippen LogP contribution >= 0.6 is 22.9 Å². The summed E-state index contributed by atoms with van der Waals surface area (Å²) in [7, 11) is 0. The van der Waals surface area contributed by atoms with Gasteiger partial charge in [-0.25, -0.2) is 0 Å². The highest BCUT2D eigenvalue weighted by atomic mass is 35.5. The molecule has 2 amide bonds. The first-order chi connectivity index (χ1) is 12.6. The van der Waals surface area contributed by atoms with Crippen molar-refractivity contribution in [2.45, 2.75) is 12.8 Å². The van der Waals surface area contributed by atoms with E-state index >= 15 is 0 Å². The van der Waals surface area contributed by atoms with Gasteiger partial charge in [0.2, 0.25) is 5.91 Å². The van der Waals surface area contributed by atoms with Crippen molar-refractivity contribution in [2.24, 2.45) is 0 Å². The lowest BCUT2D eigenvalue weighted by molar-refractivity contribution is -0.120. The lowest BCUT2D eigenvalue weighted by Gasteiger charge is -2.13. The molecule has 1 heterocycles. The van der Waals surface area contributed by atoms with Crippen LogP contribution in [-0.2, 0) is 4.79 Å². The van der Waals surface area contributed by atoms with Crippen LogP contribution in [0.15, 0.2) is 54.6 Å². The van der Waals surface area contributed by atoms with Gasteiger partial charge in [-0.05, 0) is 17.5 Å². The van der Waals surface area contributed by atoms with E-state index in [1.807, 2.05) is 61.5 Å². The number of halogens is 1. The quantitative estimate of drug-likeness (QED) is 0.666. The molecule has 0 spiro atoms. The molecule has 2 N–H and O–H groups in total. The Morgan fingerprint density at radius 3 is 2.46 bits per heavy atom. The number of rotatable bonds is 6. The molecule has 0 radical (unpaired) electrons. The molecule has 0 bridgehead atoms. The van der Waals surface area contributed by atoms with Gasteiger partial charge in [-0.1, -0.05) is 67.1 Å². The minimum absolute atomic E-state index is 0.0785. The second-order valence-corrected chi connectivity index (χ2v) is 7.47. The molecule has 26 heavy (non-hydrogen) atoms. The van der Waals surface area contributed by atoms with Gasteiger partial charge < -0.3 is 10.6 Å². The summed E-state index contributed by atoms with van der Waals surface area (Å²) >= 11 is 7.61. The summed E-state index contributed by atoms with van der Waals surface area (Å²) in [5.41, 5.74) is 1.16. The average Bonchev–Trinajstić information content (AvgIpc) is 3.02. The van der Waals surface area contributed by atoms with Crippen LogP contribution in [0.1, 0.15) is 28.1 Å². The van der Waals surface area contributed by atoms with Crippen LogP contribution in [0, 0.1) is 0 Å². The first-order valence-electron chi connectivity index (χ1n) is 8.33. The van der Waals surface area contributed by atoms with Gasteiger partial charge in [-0.15, -0.1) is 11.3 Å². The number of amides is 2. The Morgan fingerprint density at radius 2 is 1.73 bits per heavy atom. The Balaban J connectivity index is 1.52. The molecule has 1 atom stereocenters. The minimum atomic E-state index is -0.331. The zero-order valence-electron chi connectivity index (χ0n) is 14.3. The van der Waals surface area contributed by atoms with Gasteiger partial charge in [-0.2, -0.15) is 0 Å². The summed E-state index contributed by atoms with van der Waals surface area (Å²) in [6.07, 6.45) is 0. The largest absolute Gasteiger partial charge is 0.354 e. The molecule has 0 aliphatic carbocycles. The van der Waals surface area contributed by atoms with Gasteiger partial charge in [0.05, 0.1) is 11.6 Å². The molecule has 0 aliphatic rings. The van der Waals surface area contributed by atoms with E-state index in [1.54, 1.807) is 0 Å². The number of nitrogens with one attached hydrogen (secondary N) is 2. The van der Waals surface area contributed by atoms with Gasteiger partial charge >= 0.3 is 0 Å². The fourth-order valence-corrected chi connectivity index (χ4v) is 4.06. The fraction of sp³-hybridized carbons (Fsp3) is 0.200. The molecule has 4 nitrogen and oxygen atoms in total. The topological polar surface area (TPSA) is 58.2 Å². The van der Waals surface area contributed by atoms with Gasteiger partial charge in [-0.3, -0.25) is 9.59 Å². The lowest BCUT2D eigenvalue weighted by atomic mass is 10.0. The maximum absolute atomic E-state index is 12.3. The number of hydrogen-bond donors (Lipinski definition) is 2. The van der Waals surface area contributed by atoms with Crippen molar-refractivity contribution in [3.05, 3.63) is 70.1 Å². The highest BCUT2D eigenvalue weighted by Crippen LogP contribution is 2.34. The summed E-state index contributed by atoms with van der Waals surface area (Å²) in [5.74, 6) is -0.353. The predicted octanol–water partition coefficient (Wildman–Crippen LogP) is 4.20. The van der Waals surface area contributed by atoms with E-state index in [9.17, 15) is 9.59 Å². The Hall–Kier alpha value is -2.37. The standard InChI is InChI=1S/C20H19ClN2O2S/c1-13(14-7-3-2-4-8-14)11-22-17(24)12-23-20(25)19-18(21)15-9-5-6-10-16(15)26-19/h2-10,13H,11-12H2,1H3,(H,22,24)(H,23,25)/t13-/m1/s1. The number of hydrogen-bond acceptors (Lipinski definition) is 3. The minimum Gasteiger partial charge on any atom is -0.354 e. The van der Waals surface area contributed by atoms with E-state index in [-0.39, 0.29) is 24.3 Å². The molecule has 1 aromatic heterocycles. The van der Waals surface area contributed by atoms with Crippen LogP contribution in [0.4, 0.5) is 0 Å². The number of benzene rings is 2. The molecule has 0 fully saturated rings. The second kappa shape index (κ2) is 8.34. The first-order valence-corrected chi connectivity index (χ1v) is 9.52. The number of thiophene rings is 1. The zero-order valence-corrected chi connectivity index (χ0v) is 15.9. The normalized spacial score (nSPS) is 11.9. The van der Waals surface area contributed by atoms with E-state index in [2.05, 4.69) is 10.6 Å². The highest BCUT2D eigenvalue weighted by molar-refractivity contribution is 7.21. The van der Waals surface area contributed by atoms with Crippen molar-refractivity contribution in [2.75, 3.05) is 13.1 Å². The molecule has 134 valence electrons. The zero-order chi connectivity index (χ0) is 18.5. The SMILES string of the molecule is C[C@H](CNC(=O)CNC(=O)c1sc2ccccc2c1Cl)c1ccccc1. The number of carbonyl (C=O) groups excluding carboxylic acids is 2. The van der Waals surface area contributed by atoms with E-state index in [4.69, 9.17) is 11.6 Å². The molecule has 3 aromatic rings. The lowest BCUT2D eigenvalue weighted by Crippen LogP contribution is -2.38. The smallest absolute Gasteiger partial charge is 0.263 e. The van der Waals surface area contributed by atoms with Crippen molar-refractivity contribution >= 4 is 44.8 Å². The molecule has 0 saturated carbocycles. The van der Waals surface area contributed by atoms with E-state index < -0.39 is 0 Å². The Morgan fingerprint density at radius 1 is 1.04 bits per heavy atom. The third-order valence-electron chi connectivity index (χ3n) is 4.12. The van der Waals surface area contributed by atoms with Crippen LogP contribution in [0.2, 0.25) is 5.02 Å². The van der Waals surface area contributed by atoms with Gasteiger partial charge in [0.25, 0.3) is 5.91 Å². The van der Waals surface area contributed by atoms with Crippen molar-refractivity contribution in [3.8, 4) is 0 Å². The maximum Gasteiger partial charge on any atom is 0.263 e. The number of fused-ring (bicyclic) bond motifs is 1. The van der Waals surface area contributed by atoms with Crippen LogP contribution < -0.4 is 10.6 Å². The van der Waals surface area contributed by atoms with Gasteiger partial charge in [0.15, 0.2) is 0 Å². The van der Waals surface area contributed by atoms with Crippen LogP contribution in [0.3, 0.4) is 0 Å². The highest BCUT2D eigenvalue weighted by Gasteiger charge is 2.17. The molecule has 0 unspecified atom stereocenters. The predicted molar refractivity (Wildman–Crippen MR) is 107 cm³/mol.